The first-order chi connectivity index (χ1) is 12.7. The zero-order valence-corrected chi connectivity index (χ0v) is 15.8. The van der Waals surface area contributed by atoms with Crippen molar-refractivity contribution in [2.24, 2.45) is 0 Å². The van der Waals surface area contributed by atoms with Gasteiger partial charge in [0, 0.05) is 5.56 Å². The number of likely N-dealkylation sites (tertiary alicyclic amines) is 1. The Bertz CT molecular complexity index is 741. The van der Waals surface area contributed by atoms with Crippen LogP contribution < -0.4 is 4.74 Å². The monoisotopic (exact) mass is 349 g/mol. The van der Waals surface area contributed by atoms with E-state index in [2.05, 4.69) is 36.4 Å². The molecule has 0 atom stereocenters. The van der Waals surface area contributed by atoms with Crippen molar-refractivity contribution >= 4 is 0 Å². The SMILES string of the molecule is Cc1cccc(C#N)c1OCC[N+]1(Cc2ccccc2)CCCCCC1. The summed E-state index contributed by atoms with van der Waals surface area (Å²) in [6.07, 6.45) is 5.26. The van der Waals surface area contributed by atoms with E-state index >= 15 is 0 Å². The van der Waals surface area contributed by atoms with Crippen LogP contribution in [0.5, 0.6) is 5.75 Å². The molecule has 2 aromatic rings. The maximum atomic E-state index is 9.34. The van der Waals surface area contributed by atoms with Crippen molar-refractivity contribution in [3.8, 4) is 11.8 Å². The van der Waals surface area contributed by atoms with E-state index in [1.165, 1.54) is 44.3 Å². The van der Waals surface area contributed by atoms with Gasteiger partial charge in [0.2, 0.25) is 0 Å². The maximum absolute atomic E-state index is 9.34. The zero-order chi connectivity index (χ0) is 18.2. The fraction of sp³-hybridized carbons (Fsp3) is 0.435. The fourth-order valence-electron chi connectivity index (χ4n) is 4.06. The van der Waals surface area contributed by atoms with E-state index in [0.29, 0.717) is 12.2 Å². The third-order valence-corrected chi connectivity index (χ3v) is 5.52. The summed E-state index contributed by atoms with van der Waals surface area (Å²) in [6.45, 7) is 7.17. The molecule has 1 fully saturated rings. The number of hydrogen-bond donors (Lipinski definition) is 0. The third kappa shape index (κ3) is 4.65. The van der Waals surface area contributed by atoms with Crippen molar-refractivity contribution in [3.05, 3.63) is 65.2 Å². The normalized spacial score (nSPS) is 16.5. The van der Waals surface area contributed by atoms with Crippen LogP contribution in [0.4, 0.5) is 0 Å². The molecule has 0 aromatic heterocycles. The van der Waals surface area contributed by atoms with Gasteiger partial charge < -0.3 is 9.22 Å². The summed E-state index contributed by atoms with van der Waals surface area (Å²) in [6, 6.07) is 18.8. The van der Waals surface area contributed by atoms with Crippen molar-refractivity contribution in [1.29, 1.82) is 5.26 Å². The summed E-state index contributed by atoms with van der Waals surface area (Å²) in [5.41, 5.74) is 3.08. The lowest BCUT2D eigenvalue weighted by atomic mass is 10.1. The molecule has 26 heavy (non-hydrogen) atoms. The molecule has 0 spiro atoms. The van der Waals surface area contributed by atoms with E-state index in [9.17, 15) is 5.26 Å². The number of para-hydroxylation sites is 1. The number of nitriles is 1. The number of benzene rings is 2. The summed E-state index contributed by atoms with van der Waals surface area (Å²) in [7, 11) is 0. The summed E-state index contributed by atoms with van der Waals surface area (Å²) in [5.74, 6) is 0.752. The van der Waals surface area contributed by atoms with Crippen LogP contribution in [0.15, 0.2) is 48.5 Å². The van der Waals surface area contributed by atoms with Crippen molar-refractivity contribution in [3.63, 3.8) is 0 Å². The Labute approximate surface area is 157 Å². The van der Waals surface area contributed by atoms with Gasteiger partial charge >= 0.3 is 0 Å². The van der Waals surface area contributed by atoms with Gasteiger partial charge in [0.25, 0.3) is 0 Å². The topological polar surface area (TPSA) is 33.0 Å². The molecular formula is C23H29N2O+. The molecule has 1 heterocycles. The second-order valence-electron chi connectivity index (χ2n) is 7.48. The number of ether oxygens (including phenoxy) is 1. The molecule has 0 amide bonds. The highest BCUT2D eigenvalue weighted by Crippen LogP contribution is 2.25. The highest BCUT2D eigenvalue weighted by Gasteiger charge is 2.29. The lowest BCUT2D eigenvalue weighted by Gasteiger charge is -2.38. The lowest BCUT2D eigenvalue weighted by molar-refractivity contribution is -0.940. The quantitative estimate of drug-likeness (QED) is 0.699. The van der Waals surface area contributed by atoms with Gasteiger partial charge in [0.1, 0.15) is 31.5 Å². The molecule has 0 unspecified atom stereocenters. The fourth-order valence-corrected chi connectivity index (χ4v) is 4.06. The van der Waals surface area contributed by atoms with Crippen molar-refractivity contribution < 1.29 is 9.22 Å². The van der Waals surface area contributed by atoms with Crippen molar-refractivity contribution in [2.45, 2.75) is 39.2 Å². The maximum Gasteiger partial charge on any atom is 0.140 e. The largest absolute Gasteiger partial charge is 0.486 e. The second-order valence-corrected chi connectivity index (χ2v) is 7.48. The van der Waals surface area contributed by atoms with Crippen LogP contribution in [0.3, 0.4) is 0 Å². The summed E-state index contributed by atoms with van der Waals surface area (Å²) >= 11 is 0. The number of rotatable bonds is 6. The van der Waals surface area contributed by atoms with Gasteiger partial charge in [-0.3, -0.25) is 0 Å². The summed E-state index contributed by atoms with van der Waals surface area (Å²) < 4.78 is 7.22. The minimum absolute atomic E-state index is 0.635. The van der Waals surface area contributed by atoms with Crippen LogP contribution in [-0.4, -0.2) is 30.7 Å². The van der Waals surface area contributed by atoms with E-state index in [0.717, 1.165) is 28.9 Å². The molecule has 1 saturated heterocycles. The molecule has 0 bridgehead atoms. The standard InChI is InChI=1S/C23H29N2O/c1-20-10-9-13-22(18-24)23(20)26-17-16-25(14-7-2-3-8-15-25)19-21-11-5-4-6-12-21/h4-6,9-13H,2-3,7-8,14-17,19H2,1H3/q+1. The smallest absolute Gasteiger partial charge is 0.140 e. The van der Waals surface area contributed by atoms with E-state index in [4.69, 9.17) is 4.74 Å². The molecular weight excluding hydrogens is 320 g/mol. The first-order valence-corrected chi connectivity index (χ1v) is 9.74. The predicted molar refractivity (Wildman–Crippen MR) is 105 cm³/mol. The molecule has 2 aromatic carbocycles. The van der Waals surface area contributed by atoms with Gasteiger partial charge in [0.15, 0.2) is 0 Å². The molecule has 3 nitrogen and oxygen atoms in total. The molecule has 0 saturated carbocycles. The number of aryl methyl sites for hydroxylation is 1. The van der Waals surface area contributed by atoms with Gasteiger partial charge in [-0.15, -0.1) is 0 Å². The van der Waals surface area contributed by atoms with Crippen molar-refractivity contribution in [1.82, 2.24) is 0 Å². The van der Waals surface area contributed by atoms with E-state index < -0.39 is 0 Å². The van der Waals surface area contributed by atoms with Gasteiger partial charge in [-0.1, -0.05) is 42.5 Å². The molecule has 3 heteroatoms. The molecule has 0 radical (unpaired) electrons. The molecule has 0 aliphatic carbocycles. The van der Waals surface area contributed by atoms with Gasteiger partial charge in [-0.25, -0.2) is 0 Å². The Balaban J connectivity index is 1.71. The highest BCUT2D eigenvalue weighted by molar-refractivity contribution is 5.47. The van der Waals surface area contributed by atoms with E-state index in [-0.39, 0.29) is 0 Å². The average molecular weight is 349 g/mol. The molecule has 0 N–H and O–H groups in total. The molecule has 3 rings (SSSR count). The minimum atomic E-state index is 0.635. The van der Waals surface area contributed by atoms with Gasteiger partial charge in [-0.2, -0.15) is 5.26 Å². The Morgan fingerprint density at radius 2 is 1.69 bits per heavy atom. The molecule has 136 valence electrons. The van der Waals surface area contributed by atoms with Crippen LogP contribution in [0.1, 0.15) is 42.4 Å². The Hall–Kier alpha value is -2.31. The third-order valence-electron chi connectivity index (χ3n) is 5.52. The minimum Gasteiger partial charge on any atom is -0.486 e. The number of quaternary nitrogens is 1. The number of nitrogens with zero attached hydrogens (tertiary/aromatic N) is 2. The summed E-state index contributed by atoms with van der Waals surface area (Å²) in [5, 5.41) is 9.34. The Morgan fingerprint density at radius 1 is 0.962 bits per heavy atom. The Kier molecular flexibility index (Phi) is 6.30. The average Bonchev–Trinajstić information content (AvgIpc) is 2.89. The molecule has 1 aliphatic rings. The summed E-state index contributed by atoms with van der Waals surface area (Å²) in [4.78, 5) is 0. The van der Waals surface area contributed by atoms with Crippen molar-refractivity contribution in [2.75, 3.05) is 26.2 Å². The van der Waals surface area contributed by atoms with E-state index in [1.807, 2.05) is 25.1 Å². The first kappa shape index (κ1) is 18.5. The van der Waals surface area contributed by atoms with Crippen LogP contribution in [0.2, 0.25) is 0 Å². The van der Waals surface area contributed by atoms with Gasteiger partial charge in [-0.05, 0) is 44.2 Å². The number of hydrogen-bond acceptors (Lipinski definition) is 2. The van der Waals surface area contributed by atoms with Crippen LogP contribution in [-0.2, 0) is 6.54 Å². The van der Waals surface area contributed by atoms with Crippen LogP contribution in [0, 0.1) is 18.3 Å². The van der Waals surface area contributed by atoms with Crippen LogP contribution >= 0.6 is 0 Å². The zero-order valence-electron chi connectivity index (χ0n) is 15.8. The first-order valence-electron chi connectivity index (χ1n) is 9.74. The van der Waals surface area contributed by atoms with E-state index in [1.54, 1.807) is 0 Å². The highest BCUT2D eigenvalue weighted by atomic mass is 16.5. The van der Waals surface area contributed by atoms with Crippen LogP contribution in [0.25, 0.3) is 0 Å². The Morgan fingerprint density at radius 3 is 2.38 bits per heavy atom. The second kappa shape index (κ2) is 8.87. The molecule has 1 aliphatic heterocycles. The lowest BCUT2D eigenvalue weighted by Crippen LogP contribution is -2.50. The predicted octanol–water partition coefficient (Wildman–Crippen LogP) is 4.84. The van der Waals surface area contributed by atoms with Gasteiger partial charge in [0.05, 0.1) is 18.7 Å².